The van der Waals surface area contributed by atoms with Crippen LogP contribution in [0.1, 0.15) is 55.2 Å². The Morgan fingerprint density at radius 2 is 1.67 bits per heavy atom. The number of fused-ring (bicyclic) bond motifs is 1. The maximum Gasteiger partial charge on any atom is 0.408 e. The van der Waals surface area contributed by atoms with Crippen LogP contribution < -0.4 is 27.4 Å². The third-order valence-corrected chi connectivity index (χ3v) is 6.23. The van der Waals surface area contributed by atoms with Crippen molar-refractivity contribution < 1.29 is 24.2 Å². The second-order valence-corrected chi connectivity index (χ2v) is 11.0. The number of amides is 2. The second kappa shape index (κ2) is 13.8. The van der Waals surface area contributed by atoms with Gasteiger partial charge in [-0.25, -0.2) is 19.6 Å². The number of alkyl carbamates (subject to hydrolysis) is 1. The van der Waals surface area contributed by atoms with E-state index in [2.05, 4.69) is 32.0 Å². The number of aromatic nitrogens is 2. The van der Waals surface area contributed by atoms with Crippen LogP contribution in [-0.4, -0.2) is 57.2 Å². The molecule has 0 unspecified atom stereocenters. The number of carbonyl (C=O) groups is 3. The van der Waals surface area contributed by atoms with Crippen LogP contribution in [0.25, 0.3) is 10.8 Å². The Balaban J connectivity index is 1.47. The van der Waals surface area contributed by atoms with Crippen molar-refractivity contribution in [1.82, 2.24) is 25.9 Å². The number of halogens is 1. The van der Waals surface area contributed by atoms with E-state index in [1.54, 1.807) is 20.8 Å². The van der Waals surface area contributed by atoms with Crippen LogP contribution in [0.15, 0.2) is 36.4 Å². The number of ether oxygens (including phenoxy) is 1. The van der Waals surface area contributed by atoms with E-state index in [9.17, 15) is 19.5 Å². The molecular weight excluding hydrogens is 564 g/mol. The molecule has 0 fully saturated rings. The van der Waals surface area contributed by atoms with Crippen molar-refractivity contribution >= 4 is 57.9 Å². The average Bonchev–Trinajstić information content (AvgIpc) is 2.89. The molecule has 0 aliphatic rings. The zero-order valence-corrected chi connectivity index (χ0v) is 24.3. The molecular formula is C28H35ClN8O5. The molecule has 0 saturated carbocycles. The molecule has 0 aliphatic heterocycles. The summed E-state index contributed by atoms with van der Waals surface area (Å²) in [5, 5.41) is 26.9. The molecule has 13 nitrogen and oxygen atoms in total. The maximum absolute atomic E-state index is 12.3. The number of benzene rings is 2. The number of nitrogens with two attached hydrogens (primary N) is 2. The number of carboxylic acids is 1. The van der Waals surface area contributed by atoms with Crippen molar-refractivity contribution in [2.75, 3.05) is 18.0 Å². The Morgan fingerprint density at radius 1 is 1.02 bits per heavy atom. The van der Waals surface area contributed by atoms with Crippen molar-refractivity contribution in [2.45, 2.75) is 58.1 Å². The van der Waals surface area contributed by atoms with Crippen molar-refractivity contribution in [3.63, 3.8) is 0 Å². The lowest BCUT2D eigenvalue weighted by Crippen LogP contribution is -2.44. The number of aliphatic carboxylic acids is 1. The molecule has 2 aromatic carbocycles. The fourth-order valence-electron chi connectivity index (χ4n) is 4.01. The molecule has 3 rings (SSSR count). The minimum atomic E-state index is -1.14. The predicted molar refractivity (Wildman–Crippen MR) is 160 cm³/mol. The number of anilines is 2. The van der Waals surface area contributed by atoms with E-state index in [0.29, 0.717) is 6.54 Å². The highest BCUT2D eigenvalue weighted by atomic mass is 35.5. The molecule has 1 heterocycles. The van der Waals surface area contributed by atoms with E-state index in [1.807, 2.05) is 30.3 Å². The fourth-order valence-corrected chi connectivity index (χ4v) is 4.13. The fraction of sp³-hybridized carbons (Fsp3) is 0.357. The Kier molecular flexibility index (Phi) is 10.5. The Labute approximate surface area is 247 Å². The molecule has 0 saturated heterocycles. The summed E-state index contributed by atoms with van der Waals surface area (Å²) in [6.45, 7) is 5.59. The van der Waals surface area contributed by atoms with Crippen molar-refractivity contribution in [2.24, 2.45) is 0 Å². The van der Waals surface area contributed by atoms with E-state index in [1.165, 1.54) is 0 Å². The quantitative estimate of drug-likeness (QED) is 0.103. The van der Waals surface area contributed by atoms with Crippen LogP contribution >= 0.6 is 11.6 Å². The summed E-state index contributed by atoms with van der Waals surface area (Å²) >= 11 is 5.79. The van der Waals surface area contributed by atoms with Crippen LogP contribution in [-0.2, 0) is 22.4 Å². The molecule has 224 valence electrons. The molecule has 9 N–H and O–H groups in total. The number of nitrogens with one attached hydrogen (secondary N) is 4. The molecule has 42 heavy (non-hydrogen) atoms. The Bertz CT molecular complexity index is 1490. The minimum absolute atomic E-state index is 0.0892. The van der Waals surface area contributed by atoms with E-state index in [-0.39, 0.29) is 34.9 Å². The van der Waals surface area contributed by atoms with Crippen molar-refractivity contribution in [3.8, 4) is 0 Å². The lowest BCUT2D eigenvalue weighted by molar-refractivity contribution is -0.139. The van der Waals surface area contributed by atoms with Gasteiger partial charge < -0.3 is 31.9 Å². The van der Waals surface area contributed by atoms with Gasteiger partial charge in [-0.3, -0.25) is 15.5 Å². The molecule has 3 aromatic rings. The van der Waals surface area contributed by atoms with Gasteiger partial charge >= 0.3 is 12.1 Å². The molecule has 1 aromatic heterocycles. The molecule has 14 heteroatoms. The van der Waals surface area contributed by atoms with Gasteiger partial charge in [-0.05, 0) is 61.9 Å². The number of nitrogen functional groups attached to an aromatic ring is 2. The zero-order chi connectivity index (χ0) is 31.0. The van der Waals surface area contributed by atoms with Gasteiger partial charge in [0.25, 0.3) is 5.91 Å². The van der Waals surface area contributed by atoms with E-state index in [4.69, 9.17) is 33.2 Å². The third-order valence-electron chi connectivity index (χ3n) is 5.95. The van der Waals surface area contributed by atoms with Crippen molar-refractivity contribution in [3.05, 3.63) is 58.4 Å². The second-order valence-electron chi connectivity index (χ2n) is 10.6. The summed E-state index contributed by atoms with van der Waals surface area (Å²) in [6.07, 6.45) is 1.71. The number of hydrogen-bond donors (Lipinski definition) is 7. The topological polar surface area (TPSA) is 218 Å². The number of aryl methyl sites for hydroxylation is 1. The first kappa shape index (κ1) is 31.9. The predicted octanol–water partition coefficient (Wildman–Crippen LogP) is 3.25. The van der Waals surface area contributed by atoms with Crippen LogP contribution in [0, 0.1) is 5.41 Å². The van der Waals surface area contributed by atoms with Gasteiger partial charge in [0, 0.05) is 13.0 Å². The molecule has 0 spiro atoms. The smallest absolute Gasteiger partial charge is 0.408 e. The summed E-state index contributed by atoms with van der Waals surface area (Å²) in [4.78, 5) is 43.6. The number of hydrogen-bond acceptors (Lipinski definition) is 9. The molecule has 0 bridgehead atoms. The Hall–Kier alpha value is -4.65. The number of unbranched alkanes of at least 4 members (excludes halogenated alkanes) is 1. The van der Waals surface area contributed by atoms with Crippen LogP contribution in [0.4, 0.5) is 16.4 Å². The highest BCUT2D eigenvalue weighted by molar-refractivity contribution is 6.31. The van der Waals surface area contributed by atoms with Crippen LogP contribution in [0.2, 0.25) is 5.15 Å². The lowest BCUT2D eigenvalue weighted by Gasteiger charge is -2.22. The van der Waals surface area contributed by atoms with Gasteiger partial charge in [0.2, 0.25) is 0 Å². The summed E-state index contributed by atoms with van der Waals surface area (Å²) in [5.74, 6) is -2.35. The van der Waals surface area contributed by atoms with Crippen LogP contribution in [0.5, 0.6) is 0 Å². The monoisotopic (exact) mass is 598 g/mol. The van der Waals surface area contributed by atoms with Gasteiger partial charge in [-0.15, -0.1) is 0 Å². The summed E-state index contributed by atoms with van der Waals surface area (Å²) in [6, 6.07) is 10.6. The van der Waals surface area contributed by atoms with Gasteiger partial charge in [0.1, 0.15) is 11.6 Å². The van der Waals surface area contributed by atoms with E-state index >= 15 is 0 Å². The number of nitrogens with zero attached hydrogens (tertiary/aromatic N) is 2. The third kappa shape index (κ3) is 9.47. The lowest BCUT2D eigenvalue weighted by atomic mass is 9.99. The molecule has 1 atom stereocenters. The first-order chi connectivity index (χ1) is 19.7. The number of carboxylic acid groups (broad SMARTS) is 1. The SMILES string of the molecule is CC(C)(C)OC(=O)N[C@@H](Cc1ccc2cc(CCCCNC(=N)NC(=O)c3nc(Cl)c(N)nc3N)ccc2c1)C(=O)O. The first-order valence-electron chi connectivity index (χ1n) is 13.2. The first-order valence-corrected chi connectivity index (χ1v) is 13.6. The van der Waals surface area contributed by atoms with Crippen LogP contribution in [0.3, 0.4) is 0 Å². The number of guanidine groups is 1. The molecule has 2 amide bonds. The minimum Gasteiger partial charge on any atom is -0.480 e. The summed E-state index contributed by atoms with van der Waals surface area (Å²) < 4.78 is 5.18. The number of rotatable bonds is 10. The highest BCUT2D eigenvalue weighted by Gasteiger charge is 2.24. The zero-order valence-electron chi connectivity index (χ0n) is 23.6. The van der Waals surface area contributed by atoms with E-state index < -0.39 is 29.6 Å². The summed E-state index contributed by atoms with van der Waals surface area (Å²) in [7, 11) is 0. The largest absolute Gasteiger partial charge is 0.480 e. The van der Waals surface area contributed by atoms with Gasteiger partial charge in [0.05, 0.1) is 0 Å². The number of carbonyl (C=O) groups excluding carboxylic acids is 2. The van der Waals surface area contributed by atoms with Gasteiger partial charge in [-0.2, -0.15) is 0 Å². The molecule has 0 radical (unpaired) electrons. The normalized spacial score (nSPS) is 11.9. The van der Waals surface area contributed by atoms with Gasteiger partial charge in [0.15, 0.2) is 28.4 Å². The van der Waals surface area contributed by atoms with E-state index in [0.717, 1.165) is 41.2 Å². The standard InChI is InChI=1S/C28H35ClN8O5/c1-28(2,3)42-27(41)34-19(25(39)40)14-16-8-10-17-12-15(7-9-18(17)13-16)6-4-5-11-33-26(32)37-24(38)20-22(30)36-23(31)21(29)35-20/h7-10,12-13,19H,4-6,11,14H2,1-3H3,(H,34,41)(H,39,40)(H4,30,31,36)(H3,32,33,37,38)/t19-/m0/s1. The van der Waals surface area contributed by atoms with Crippen molar-refractivity contribution in [1.29, 1.82) is 5.41 Å². The summed E-state index contributed by atoms with van der Waals surface area (Å²) in [5.41, 5.74) is 12.1. The Morgan fingerprint density at radius 3 is 2.31 bits per heavy atom. The molecule has 0 aliphatic carbocycles. The highest BCUT2D eigenvalue weighted by Crippen LogP contribution is 2.21. The van der Waals surface area contributed by atoms with Gasteiger partial charge in [-0.1, -0.05) is 48.0 Å². The average molecular weight is 599 g/mol. The maximum atomic E-state index is 12.3.